The maximum absolute atomic E-state index is 5.25. The van der Waals surface area contributed by atoms with Gasteiger partial charge in [-0.05, 0) is 41.5 Å². The lowest BCUT2D eigenvalue weighted by Crippen LogP contribution is -2.04. The highest BCUT2D eigenvalue weighted by atomic mass is 32.1. The molecule has 262 valence electrons. The van der Waals surface area contributed by atoms with Gasteiger partial charge in [-0.25, -0.2) is 24.9 Å². The minimum Gasteiger partial charge on any atom is -0.308 e. The lowest BCUT2D eigenvalue weighted by molar-refractivity contribution is 1.06. The Kier molecular flexibility index (Phi) is 7.57. The van der Waals surface area contributed by atoms with Gasteiger partial charge in [0.2, 0.25) is 0 Å². The Morgan fingerprint density at radius 2 is 0.946 bits per heavy atom. The van der Waals surface area contributed by atoms with Crippen molar-refractivity contribution in [1.82, 2.24) is 29.5 Å². The van der Waals surface area contributed by atoms with Crippen molar-refractivity contribution >= 4 is 53.4 Å². The van der Waals surface area contributed by atoms with E-state index in [9.17, 15) is 0 Å². The predicted molar refractivity (Wildman–Crippen MR) is 230 cm³/mol. The molecule has 0 saturated heterocycles. The summed E-state index contributed by atoms with van der Waals surface area (Å²) in [6.07, 6.45) is 1.66. The van der Waals surface area contributed by atoms with E-state index in [-0.39, 0.29) is 0 Å². The van der Waals surface area contributed by atoms with E-state index in [1.54, 1.807) is 17.7 Å². The monoisotopic (exact) mass is 734 g/mol. The van der Waals surface area contributed by atoms with Crippen molar-refractivity contribution in [1.29, 1.82) is 0 Å². The molecule has 11 rings (SSSR count). The van der Waals surface area contributed by atoms with Gasteiger partial charge < -0.3 is 4.57 Å². The highest BCUT2D eigenvalue weighted by molar-refractivity contribution is 7.26. The van der Waals surface area contributed by atoms with E-state index in [2.05, 4.69) is 149 Å². The third-order valence-electron chi connectivity index (χ3n) is 10.4. The molecule has 56 heavy (non-hydrogen) atoms. The normalized spacial score (nSPS) is 11.6. The van der Waals surface area contributed by atoms with Crippen molar-refractivity contribution in [3.8, 4) is 62.2 Å². The van der Waals surface area contributed by atoms with Crippen LogP contribution in [0.1, 0.15) is 0 Å². The van der Waals surface area contributed by atoms with Crippen LogP contribution in [0.15, 0.2) is 182 Å². The van der Waals surface area contributed by atoms with E-state index in [0.717, 1.165) is 71.4 Å². The van der Waals surface area contributed by atoms with Gasteiger partial charge in [0.1, 0.15) is 6.33 Å². The maximum atomic E-state index is 5.25. The smallest absolute Gasteiger partial charge is 0.166 e. The summed E-state index contributed by atoms with van der Waals surface area (Å²) in [5.74, 6) is 1.80. The van der Waals surface area contributed by atoms with E-state index in [1.807, 2.05) is 36.4 Å². The van der Waals surface area contributed by atoms with Crippen molar-refractivity contribution in [2.75, 3.05) is 0 Å². The molecule has 6 nitrogen and oxygen atoms in total. The third-order valence-corrected chi connectivity index (χ3v) is 11.6. The molecule has 0 bridgehead atoms. The molecule has 0 amide bonds. The van der Waals surface area contributed by atoms with Crippen molar-refractivity contribution in [3.63, 3.8) is 0 Å². The molecule has 7 heteroatoms. The summed E-state index contributed by atoms with van der Waals surface area (Å²) < 4.78 is 4.62. The van der Waals surface area contributed by atoms with Crippen molar-refractivity contribution in [2.24, 2.45) is 0 Å². The lowest BCUT2D eigenvalue weighted by atomic mass is 10.0. The Balaban J connectivity index is 1.11. The number of aromatic nitrogens is 6. The maximum Gasteiger partial charge on any atom is 0.166 e. The molecule has 0 aliphatic rings. The summed E-state index contributed by atoms with van der Waals surface area (Å²) in [5.41, 5.74) is 11.1. The van der Waals surface area contributed by atoms with Crippen molar-refractivity contribution in [3.05, 3.63) is 182 Å². The molecule has 11 aromatic rings. The second-order valence-corrected chi connectivity index (χ2v) is 14.8. The SMILES string of the molecule is c1ccc(-c2ccc(-c3nc(-c4ccccc4)nc(-c4ccc(-c5ncnc6c5sc5ccccc56)cc4)n3)c(-n3c4ccccc4c4ccccc43)c2)cc1. The third kappa shape index (κ3) is 5.36. The van der Waals surface area contributed by atoms with E-state index in [4.69, 9.17) is 19.9 Å². The van der Waals surface area contributed by atoms with E-state index < -0.39 is 0 Å². The van der Waals surface area contributed by atoms with E-state index in [0.29, 0.717) is 17.5 Å². The van der Waals surface area contributed by atoms with Crippen LogP contribution in [0.4, 0.5) is 0 Å². The van der Waals surface area contributed by atoms with Crippen LogP contribution in [-0.2, 0) is 0 Å². The molecule has 4 aromatic heterocycles. The fourth-order valence-electron chi connectivity index (χ4n) is 7.75. The molecule has 0 N–H and O–H groups in total. The van der Waals surface area contributed by atoms with Gasteiger partial charge in [0.25, 0.3) is 0 Å². The zero-order valence-corrected chi connectivity index (χ0v) is 30.7. The first kappa shape index (κ1) is 32.1. The number of nitrogens with zero attached hydrogens (tertiary/aromatic N) is 6. The Labute approximate surface area is 326 Å². The topological polar surface area (TPSA) is 69.4 Å². The predicted octanol–water partition coefficient (Wildman–Crippen LogP) is 12.5. The van der Waals surface area contributed by atoms with E-state index >= 15 is 0 Å². The molecule has 0 unspecified atom stereocenters. The van der Waals surface area contributed by atoms with Gasteiger partial charge in [-0.15, -0.1) is 11.3 Å². The molecule has 0 aliphatic heterocycles. The van der Waals surface area contributed by atoms with Gasteiger partial charge in [-0.1, -0.05) is 146 Å². The minimum atomic E-state index is 0.593. The number of hydrogen-bond acceptors (Lipinski definition) is 6. The number of benzene rings is 7. The molecule has 4 heterocycles. The molecular weight excluding hydrogens is 705 g/mol. The molecule has 0 radical (unpaired) electrons. The fraction of sp³-hybridized carbons (Fsp3) is 0. The fourth-order valence-corrected chi connectivity index (χ4v) is 8.91. The summed E-state index contributed by atoms with van der Waals surface area (Å²) in [6.45, 7) is 0. The lowest BCUT2D eigenvalue weighted by Gasteiger charge is -2.16. The van der Waals surface area contributed by atoms with Crippen LogP contribution in [0.5, 0.6) is 0 Å². The van der Waals surface area contributed by atoms with Crippen LogP contribution in [0, 0.1) is 0 Å². The van der Waals surface area contributed by atoms with Crippen LogP contribution < -0.4 is 0 Å². The molecule has 7 aromatic carbocycles. The second kappa shape index (κ2) is 13.2. The average Bonchev–Trinajstić information content (AvgIpc) is 3.83. The Morgan fingerprint density at radius 1 is 0.411 bits per heavy atom. The molecule has 0 fully saturated rings. The van der Waals surface area contributed by atoms with Crippen LogP contribution in [0.2, 0.25) is 0 Å². The zero-order valence-electron chi connectivity index (χ0n) is 29.9. The van der Waals surface area contributed by atoms with Gasteiger partial charge in [-0.2, -0.15) is 0 Å². The highest BCUT2D eigenvalue weighted by Gasteiger charge is 2.21. The summed E-state index contributed by atoms with van der Waals surface area (Å²) >= 11 is 1.72. The van der Waals surface area contributed by atoms with Crippen molar-refractivity contribution in [2.45, 2.75) is 0 Å². The Hall–Kier alpha value is -7.35. The second-order valence-electron chi connectivity index (χ2n) is 13.7. The van der Waals surface area contributed by atoms with Gasteiger partial charge in [-0.3, -0.25) is 0 Å². The molecule has 0 aliphatic carbocycles. The first-order valence-electron chi connectivity index (χ1n) is 18.5. The van der Waals surface area contributed by atoms with Gasteiger partial charge in [0.05, 0.1) is 32.6 Å². The first-order chi connectivity index (χ1) is 27.8. The van der Waals surface area contributed by atoms with Crippen molar-refractivity contribution < 1.29 is 0 Å². The van der Waals surface area contributed by atoms with Gasteiger partial charge in [0, 0.05) is 43.1 Å². The number of fused-ring (bicyclic) bond motifs is 6. The Bertz CT molecular complexity index is 3190. The molecule has 0 saturated carbocycles. The molecular formula is C49H30N6S. The molecule has 0 atom stereocenters. The minimum absolute atomic E-state index is 0.593. The summed E-state index contributed by atoms with van der Waals surface area (Å²) in [4.78, 5) is 24.9. The number of hydrogen-bond donors (Lipinski definition) is 0. The highest BCUT2D eigenvalue weighted by Crippen LogP contribution is 2.40. The van der Waals surface area contributed by atoms with E-state index in [1.165, 1.54) is 15.5 Å². The quantitative estimate of drug-likeness (QED) is 0.170. The number of para-hydroxylation sites is 2. The average molecular weight is 735 g/mol. The first-order valence-corrected chi connectivity index (χ1v) is 19.3. The van der Waals surface area contributed by atoms with Crippen LogP contribution in [0.3, 0.4) is 0 Å². The summed E-state index contributed by atoms with van der Waals surface area (Å²) in [5, 5.41) is 3.53. The van der Waals surface area contributed by atoms with Crippen LogP contribution >= 0.6 is 11.3 Å². The zero-order chi connectivity index (χ0) is 37.0. The van der Waals surface area contributed by atoms with Crippen LogP contribution in [-0.4, -0.2) is 29.5 Å². The largest absolute Gasteiger partial charge is 0.308 e. The molecule has 0 spiro atoms. The summed E-state index contributed by atoms with van der Waals surface area (Å²) in [7, 11) is 0. The van der Waals surface area contributed by atoms with Crippen LogP contribution in [0.25, 0.3) is 104 Å². The standard InChI is InChI=1S/C49H30N6S/c1-3-13-31(14-4-1)35-27-28-38(42(29-35)55-40-20-10-7-17-36(40)37-18-8-11-21-41(37)55)49-53-47(33-15-5-2-6-16-33)52-48(54-49)34-25-23-32(24-26-34)44-46-45(51-30-50-44)39-19-9-12-22-43(39)56-46/h1-30H. The number of rotatable bonds is 6. The number of thiophene rings is 1. The Morgan fingerprint density at radius 3 is 1.64 bits per heavy atom. The summed E-state index contributed by atoms with van der Waals surface area (Å²) in [6, 6.07) is 61.1. The van der Waals surface area contributed by atoms with Gasteiger partial charge in [0.15, 0.2) is 17.5 Å². The van der Waals surface area contributed by atoms with Gasteiger partial charge >= 0.3 is 0 Å².